The van der Waals surface area contributed by atoms with E-state index in [0.717, 1.165) is 0 Å². The molecule has 2 aromatic heterocycles. The van der Waals surface area contributed by atoms with E-state index in [0.29, 0.717) is 34.4 Å². The maximum atomic E-state index is 14.0. The van der Waals surface area contributed by atoms with E-state index in [2.05, 4.69) is 10.1 Å². The number of nitrogens with two attached hydrogens (primary N) is 1. The van der Waals surface area contributed by atoms with Gasteiger partial charge in [0.05, 0.1) is 35.1 Å². The van der Waals surface area contributed by atoms with Gasteiger partial charge < -0.3 is 15.2 Å². The first kappa shape index (κ1) is 29.2. The highest BCUT2D eigenvalue weighted by Crippen LogP contribution is 2.40. The summed E-state index contributed by atoms with van der Waals surface area (Å²) < 4.78 is 78.5. The van der Waals surface area contributed by atoms with Crippen LogP contribution in [0, 0.1) is 12.7 Å². The smallest absolute Gasteiger partial charge is 0.272 e. The Hall–Kier alpha value is -4.85. The Kier molecular flexibility index (Phi) is 7.53. The number of anilines is 2. The van der Waals surface area contributed by atoms with Crippen LogP contribution in [0.15, 0.2) is 60.4 Å². The van der Waals surface area contributed by atoms with Crippen molar-refractivity contribution >= 4 is 33.4 Å². The van der Waals surface area contributed by atoms with Crippen molar-refractivity contribution in [1.29, 1.82) is 0 Å². The molecule has 1 aliphatic heterocycles. The van der Waals surface area contributed by atoms with Gasteiger partial charge in [0.25, 0.3) is 6.43 Å². The molecule has 6 rings (SSSR count). The van der Waals surface area contributed by atoms with Crippen LogP contribution in [-0.4, -0.2) is 54.3 Å². The number of sulfonamides is 1. The Balaban J connectivity index is 1.26. The number of ether oxygens (including phenoxy) is 2. The van der Waals surface area contributed by atoms with Crippen molar-refractivity contribution in [2.75, 3.05) is 28.9 Å². The summed E-state index contributed by atoms with van der Waals surface area (Å²) in [6.07, 6.45) is 2.19. The van der Waals surface area contributed by atoms with Gasteiger partial charge in [-0.1, -0.05) is 12.1 Å². The van der Waals surface area contributed by atoms with Crippen molar-refractivity contribution in [3.63, 3.8) is 0 Å². The topological polar surface area (TPSA) is 130 Å². The van der Waals surface area contributed by atoms with Gasteiger partial charge in [-0.15, -0.1) is 0 Å². The van der Waals surface area contributed by atoms with Gasteiger partial charge in [-0.25, -0.2) is 31.3 Å². The number of para-hydroxylation sites is 1. The second-order valence-electron chi connectivity index (χ2n) is 10.3. The molecule has 0 saturated carbocycles. The summed E-state index contributed by atoms with van der Waals surface area (Å²) in [6.45, 7) is 1.05. The lowest BCUT2D eigenvalue weighted by atomic mass is 10.0. The number of nitrogens with zero attached hydrogens (tertiary/aromatic N) is 4. The third-order valence-corrected chi connectivity index (χ3v) is 9.20. The van der Waals surface area contributed by atoms with Gasteiger partial charge in [0, 0.05) is 24.6 Å². The summed E-state index contributed by atoms with van der Waals surface area (Å²) in [5.41, 5.74) is 9.34. The number of aromatic nitrogens is 3. The zero-order valence-electron chi connectivity index (χ0n) is 23.3. The Labute approximate surface area is 250 Å². The fourth-order valence-corrected chi connectivity index (χ4v) is 6.78. The van der Waals surface area contributed by atoms with Crippen LogP contribution < -0.4 is 19.5 Å². The minimum absolute atomic E-state index is 0.00258. The van der Waals surface area contributed by atoms with Crippen LogP contribution in [0.1, 0.15) is 33.5 Å². The van der Waals surface area contributed by atoms with Crippen LogP contribution in [0.5, 0.6) is 17.4 Å². The van der Waals surface area contributed by atoms with Gasteiger partial charge in [0.1, 0.15) is 18.2 Å². The second kappa shape index (κ2) is 11.3. The number of ketones is 1. The lowest BCUT2D eigenvalue weighted by Gasteiger charge is -2.22. The summed E-state index contributed by atoms with van der Waals surface area (Å²) in [7, 11) is -3.62. The number of carbonyl (C=O) groups is 1. The van der Waals surface area contributed by atoms with E-state index in [1.807, 2.05) is 0 Å². The zero-order valence-corrected chi connectivity index (χ0v) is 24.2. The van der Waals surface area contributed by atoms with Crippen molar-refractivity contribution in [2.45, 2.75) is 26.2 Å². The van der Waals surface area contributed by atoms with Crippen LogP contribution in [0.25, 0.3) is 11.8 Å². The van der Waals surface area contributed by atoms with Crippen LogP contribution in [0.3, 0.4) is 0 Å². The molecule has 3 heterocycles. The predicted octanol–water partition coefficient (Wildman–Crippen LogP) is 5.10. The molecular formula is C30H26F3N5O5S. The fourth-order valence-electron chi connectivity index (χ4n) is 5.22. The average Bonchev–Trinajstić information content (AvgIpc) is 3.68. The largest absolute Gasteiger partial charge is 0.485 e. The normalized spacial score (nSPS) is 15.4. The van der Waals surface area contributed by atoms with Crippen molar-refractivity contribution in [3.8, 4) is 23.1 Å². The number of Topliss-reactive ketones (excluding diaryl/α,β-unsaturated/α-hetero) is 1. The minimum Gasteiger partial charge on any atom is -0.485 e. The number of fused-ring (bicyclic) bond motifs is 1. The summed E-state index contributed by atoms with van der Waals surface area (Å²) >= 11 is 0. The molecular weight excluding hydrogens is 599 g/mol. The van der Waals surface area contributed by atoms with Crippen LogP contribution >= 0.6 is 0 Å². The van der Waals surface area contributed by atoms with Gasteiger partial charge in [-0.2, -0.15) is 5.10 Å². The number of pyridine rings is 1. The molecule has 0 unspecified atom stereocenters. The van der Waals surface area contributed by atoms with Gasteiger partial charge in [-0.3, -0.25) is 9.10 Å². The van der Waals surface area contributed by atoms with E-state index in [9.17, 15) is 26.4 Å². The predicted molar refractivity (Wildman–Crippen MR) is 157 cm³/mol. The molecule has 1 saturated heterocycles. The number of rotatable bonds is 9. The Morgan fingerprint density at radius 2 is 1.91 bits per heavy atom. The zero-order chi connectivity index (χ0) is 31.2. The number of alkyl halides is 2. The first-order valence-corrected chi connectivity index (χ1v) is 15.2. The van der Waals surface area contributed by atoms with E-state index in [1.54, 1.807) is 37.3 Å². The number of hydrogen-bond donors (Lipinski definition) is 1. The highest BCUT2D eigenvalue weighted by Gasteiger charge is 2.33. The lowest BCUT2D eigenvalue weighted by Crippen LogP contribution is -2.26. The van der Waals surface area contributed by atoms with Crippen LogP contribution in [0.4, 0.5) is 24.7 Å². The van der Waals surface area contributed by atoms with Crippen LogP contribution in [-0.2, 0) is 16.4 Å². The third-order valence-electron chi connectivity index (χ3n) is 7.34. The van der Waals surface area contributed by atoms with E-state index in [-0.39, 0.29) is 53.2 Å². The van der Waals surface area contributed by atoms with Gasteiger partial charge in [0.15, 0.2) is 17.3 Å². The number of carbonyl (C=O) groups excluding carboxylic acids is 1. The highest BCUT2D eigenvalue weighted by molar-refractivity contribution is 7.93. The standard InChI is InChI=1S/C30H26F3N5O5S/c1-17-9-28(43-25-6-3-2-5-22(25)31)35-15-24(17)38-30(34)21(14-36-38)29(39)20-10-18-12-23(37-7-4-8-44(37,40)41)26(13-19(18)11-20)42-16-27(32)33/h2-3,5-6,9,11-15,27H,4,7-8,10,16,34H2,1H3. The van der Waals surface area contributed by atoms with Crippen LogP contribution in [0.2, 0.25) is 0 Å². The highest BCUT2D eigenvalue weighted by atomic mass is 32.2. The molecule has 0 atom stereocenters. The number of halogens is 3. The molecule has 44 heavy (non-hydrogen) atoms. The van der Waals surface area contributed by atoms with Crippen molar-refractivity contribution < 1.29 is 35.9 Å². The fraction of sp³-hybridized carbons (Fsp3) is 0.233. The molecule has 0 radical (unpaired) electrons. The molecule has 2 N–H and O–H groups in total. The SMILES string of the molecule is Cc1cc(Oc2ccccc2F)ncc1-n1ncc(C(=O)C2=Cc3cc(OCC(F)F)c(N4CCCS4(=O)=O)cc3C2)c1N. The van der Waals surface area contributed by atoms with Crippen molar-refractivity contribution in [3.05, 3.63) is 88.5 Å². The number of hydrogen-bond acceptors (Lipinski definition) is 8. The molecule has 14 heteroatoms. The van der Waals surface area contributed by atoms with Gasteiger partial charge in [0.2, 0.25) is 15.9 Å². The lowest BCUT2D eigenvalue weighted by molar-refractivity contribution is 0.0821. The summed E-state index contributed by atoms with van der Waals surface area (Å²) in [4.78, 5) is 17.8. The molecule has 10 nitrogen and oxygen atoms in total. The molecule has 1 aliphatic carbocycles. The number of aryl methyl sites for hydroxylation is 1. The quantitative estimate of drug-likeness (QED) is 0.255. The average molecular weight is 626 g/mol. The third kappa shape index (κ3) is 5.48. The van der Waals surface area contributed by atoms with Gasteiger partial charge in [-0.05, 0) is 60.4 Å². The first-order valence-electron chi connectivity index (χ1n) is 13.6. The number of benzene rings is 2. The van der Waals surface area contributed by atoms with Crippen molar-refractivity contribution in [1.82, 2.24) is 14.8 Å². The molecule has 228 valence electrons. The van der Waals surface area contributed by atoms with Crippen molar-refractivity contribution in [2.24, 2.45) is 0 Å². The van der Waals surface area contributed by atoms with Gasteiger partial charge >= 0.3 is 0 Å². The molecule has 2 aliphatic rings. The van der Waals surface area contributed by atoms with E-state index in [1.165, 1.54) is 39.6 Å². The molecule has 2 aromatic carbocycles. The number of allylic oxidation sites excluding steroid dienone is 1. The minimum atomic E-state index is -3.62. The molecule has 0 amide bonds. The summed E-state index contributed by atoms with van der Waals surface area (Å²) in [5.74, 6) is -0.758. The monoisotopic (exact) mass is 625 g/mol. The summed E-state index contributed by atoms with van der Waals surface area (Å²) in [5, 5.41) is 4.29. The second-order valence-corrected chi connectivity index (χ2v) is 12.3. The maximum Gasteiger partial charge on any atom is 0.272 e. The Morgan fingerprint density at radius 1 is 1.11 bits per heavy atom. The Morgan fingerprint density at radius 3 is 2.61 bits per heavy atom. The van der Waals surface area contributed by atoms with E-state index < -0.39 is 34.7 Å². The molecule has 4 aromatic rings. The van der Waals surface area contributed by atoms with E-state index in [4.69, 9.17) is 15.2 Å². The van der Waals surface area contributed by atoms with E-state index >= 15 is 0 Å². The molecule has 0 spiro atoms. The summed E-state index contributed by atoms with van der Waals surface area (Å²) in [6, 6.07) is 10.6. The maximum absolute atomic E-state index is 14.0. The Bertz CT molecular complexity index is 1930. The molecule has 1 fully saturated rings. The molecule has 0 bridgehead atoms. The number of nitrogen functional groups attached to an aromatic ring is 1. The first-order chi connectivity index (χ1) is 21.0.